The second-order valence-electron chi connectivity index (χ2n) is 6.37. The van der Waals surface area contributed by atoms with Gasteiger partial charge in [-0.1, -0.05) is 61.0 Å². The van der Waals surface area contributed by atoms with Crippen molar-refractivity contribution in [1.29, 1.82) is 0 Å². The third kappa shape index (κ3) is 4.50. The van der Waals surface area contributed by atoms with Gasteiger partial charge in [0.05, 0.1) is 5.02 Å². The van der Waals surface area contributed by atoms with Gasteiger partial charge in [-0.2, -0.15) is 0 Å². The molecule has 1 unspecified atom stereocenters. The molecule has 3 atom stereocenters. The van der Waals surface area contributed by atoms with Gasteiger partial charge in [0.15, 0.2) is 6.10 Å². The highest BCUT2D eigenvalue weighted by atomic mass is 35.5. The van der Waals surface area contributed by atoms with E-state index in [-0.39, 0.29) is 30.3 Å². The number of ether oxygens (including phenoxy) is 1. The van der Waals surface area contributed by atoms with Crippen molar-refractivity contribution in [3.05, 3.63) is 65.2 Å². The normalized spacial score (nSPS) is 20.3. The molecule has 26 heavy (non-hydrogen) atoms. The molecule has 0 spiro atoms. The van der Waals surface area contributed by atoms with E-state index in [0.717, 1.165) is 0 Å². The summed E-state index contributed by atoms with van der Waals surface area (Å²) >= 11 is 6.15. The molecule has 0 aliphatic carbocycles. The highest BCUT2D eigenvalue weighted by molar-refractivity contribution is 6.32. The minimum Gasteiger partial charge on any atom is -0.479 e. The standard InChI is InChI=1S/C20H23ClN2O2.ClH/c1-2-18(25-19-11-7-6-10-16(19)21)20(24)23-12-15(17(22)13-23)14-8-4-3-5-9-14;/h3-11,15,17-18H,2,12-13,22H2,1H3;1H/t15-,17+,18?;/m0./s1. The molecule has 2 N–H and O–H groups in total. The maximum atomic E-state index is 12.9. The fourth-order valence-corrected chi connectivity index (χ4v) is 3.45. The van der Waals surface area contributed by atoms with Crippen LogP contribution in [0.15, 0.2) is 54.6 Å². The Labute approximate surface area is 165 Å². The Morgan fingerprint density at radius 1 is 1.19 bits per heavy atom. The molecule has 1 aliphatic heterocycles. The van der Waals surface area contributed by atoms with Crippen LogP contribution in [0.2, 0.25) is 5.02 Å². The van der Waals surface area contributed by atoms with Gasteiger partial charge in [0.25, 0.3) is 5.91 Å². The summed E-state index contributed by atoms with van der Waals surface area (Å²) in [5, 5.41) is 0.508. The maximum Gasteiger partial charge on any atom is 0.263 e. The Balaban J connectivity index is 0.00000243. The van der Waals surface area contributed by atoms with E-state index < -0.39 is 6.10 Å². The smallest absolute Gasteiger partial charge is 0.263 e. The first-order valence-electron chi connectivity index (χ1n) is 8.60. The van der Waals surface area contributed by atoms with Gasteiger partial charge in [0.1, 0.15) is 5.75 Å². The topological polar surface area (TPSA) is 55.6 Å². The molecule has 6 heteroatoms. The number of rotatable bonds is 5. The zero-order valence-electron chi connectivity index (χ0n) is 14.7. The Hall–Kier alpha value is -1.75. The zero-order chi connectivity index (χ0) is 17.8. The fraction of sp³-hybridized carbons (Fsp3) is 0.350. The molecule has 1 amide bonds. The van der Waals surface area contributed by atoms with Crippen LogP contribution in [0.25, 0.3) is 0 Å². The number of hydrogen-bond acceptors (Lipinski definition) is 3. The van der Waals surface area contributed by atoms with E-state index in [0.29, 0.717) is 30.3 Å². The maximum absolute atomic E-state index is 12.9. The first-order valence-corrected chi connectivity index (χ1v) is 8.98. The van der Waals surface area contributed by atoms with Gasteiger partial charge in [-0.05, 0) is 24.1 Å². The molecule has 4 nitrogen and oxygen atoms in total. The highest BCUT2D eigenvalue weighted by Crippen LogP contribution is 2.29. The summed E-state index contributed by atoms with van der Waals surface area (Å²) in [6.45, 7) is 3.09. The van der Waals surface area contributed by atoms with Crippen LogP contribution in [-0.2, 0) is 4.79 Å². The lowest BCUT2D eigenvalue weighted by Gasteiger charge is -2.24. The monoisotopic (exact) mass is 394 g/mol. The average molecular weight is 395 g/mol. The Bertz CT molecular complexity index is 727. The number of carbonyl (C=O) groups is 1. The summed E-state index contributed by atoms with van der Waals surface area (Å²) in [7, 11) is 0. The van der Waals surface area contributed by atoms with Crippen molar-refractivity contribution in [2.75, 3.05) is 13.1 Å². The zero-order valence-corrected chi connectivity index (χ0v) is 16.2. The number of halogens is 2. The number of amides is 1. The van der Waals surface area contributed by atoms with Crippen LogP contribution < -0.4 is 10.5 Å². The molecule has 2 aromatic rings. The lowest BCUT2D eigenvalue weighted by molar-refractivity contribution is -0.137. The minimum atomic E-state index is -0.554. The molecular weight excluding hydrogens is 371 g/mol. The number of nitrogens with zero attached hydrogens (tertiary/aromatic N) is 1. The van der Waals surface area contributed by atoms with Crippen molar-refractivity contribution in [3.63, 3.8) is 0 Å². The van der Waals surface area contributed by atoms with Crippen LogP contribution in [0.1, 0.15) is 24.8 Å². The summed E-state index contributed by atoms with van der Waals surface area (Å²) in [6, 6.07) is 17.3. The van der Waals surface area contributed by atoms with Crippen molar-refractivity contribution in [2.24, 2.45) is 5.73 Å². The minimum absolute atomic E-state index is 0. The Morgan fingerprint density at radius 2 is 1.85 bits per heavy atom. The van der Waals surface area contributed by atoms with E-state index in [2.05, 4.69) is 12.1 Å². The van der Waals surface area contributed by atoms with Crippen LogP contribution in [0.5, 0.6) is 5.75 Å². The van der Waals surface area contributed by atoms with Crippen LogP contribution in [0.3, 0.4) is 0 Å². The summed E-state index contributed by atoms with van der Waals surface area (Å²) in [5.41, 5.74) is 7.47. The van der Waals surface area contributed by atoms with Gasteiger partial charge in [-0.25, -0.2) is 0 Å². The number of likely N-dealkylation sites (tertiary alicyclic amines) is 1. The predicted molar refractivity (Wildman–Crippen MR) is 107 cm³/mol. The second-order valence-corrected chi connectivity index (χ2v) is 6.78. The number of benzene rings is 2. The molecule has 140 valence electrons. The van der Waals surface area contributed by atoms with Crippen LogP contribution in [0.4, 0.5) is 0 Å². The van der Waals surface area contributed by atoms with Gasteiger partial charge in [-0.15, -0.1) is 12.4 Å². The number of carbonyl (C=O) groups excluding carboxylic acids is 1. The lowest BCUT2D eigenvalue weighted by Crippen LogP contribution is -2.41. The first-order chi connectivity index (χ1) is 12.1. The van der Waals surface area contributed by atoms with Crippen LogP contribution in [0, 0.1) is 0 Å². The van der Waals surface area contributed by atoms with E-state index >= 15 is 0 Å². The van der Waals surface area contributed by atoms with Crippen molar-refractivity contribution in [3.8, 4) is 5.75 Å². The van der Waals surface area contributed by atoms with Gasteiger partial charge in [0, 0.05) is 25.0 Å². The molecule has 0 radical (unpaired) electrons. The predicted octanol–water partition coefficient (Wildman–Crippen LogP) is 3.87. The van der Waals surface area contributed by atoms with E-state index in [1.54, 1.807) is 12.1 Å². The quantitative estimate of drug-likeness (QED) is 0.836. The summed E-state index contributed by atoms with van der Waals surface area (Å²) in [6.07, 6.45) is 0.0211. The SMILES string of the molecule is CCC(Oc1ccccc1Cl)C(=O)N1C[C@@H](N)[C@H](c2ccccc2)C1.Cl. The van der Waals surface area contributed by atoms with Crippen molar-refractivity contribution >= 4 is 29.9 Å². The average Bonchev–Trinajstić information content (AvgIpc) is 3.03. The summed E-state index contributed by atoms with van der Waals surface area (Å²) < 4.78 is 5.88. The van der Waals surface area contributed by atoms with Crippen molar-refractivity contribution in [1.82, 2.24) is 4.90 Å². The highest BCUT2D eigenvalue weighted by Gasteiger charge is 2.36. The number of hydrogen-bond donors (Lipinski definition) is 1. The van der Waals surface area contributed by atoms with E-state index in [4.69, 9.17) is 22.1 Å². The summed E-state index contributed by atoms with van der Waals surface area (Å²) in [4.78, 5) is 14.7. The van der Waals surface area contributed by atoms with Crippen LogP contribution >= 0.6 is 24.0 Å². The van der Waals surface area contributed by atoms with Gasteiger partial charge in [-0.3, -0.25) is 4.79 Å². The molecule has 0 saturated carbocycles. The lowest BCUT2D eigenvalue weighted by atomic mass is 9.95. The van der Waals surface area contributed by atoms with Crippen molar-refractivity contribution < 1.29 is 9.53 Å². The van der Waals surface area contributed by atoms with Crippen LogP contribution in [-0.4, -0.2) is 36.0 Å². The number of para-hydroxylation sites is 1. The number of nitrogens with two attached hydrogens (primary N) is 1. The molecular formula is C20H24Cl2N2O2. The summed E-state index contributed by atoms with van der Waals surface area (Å²) in [5.74, 6) is 0.659. The van der Waals surface area contributed by atoms with Gasteiger partial charge < -0.3 is 15.4 Å². The molecule has 0 aromatic heterocycles. The van der Waals surface area contributed by atoms with Gasteiger partial charge >= 0.3 is 0 Å². The third-order valence-electron chi connectivity index (χ3n) is 4.66. The Morgan fingerprint density at radius 3 is 2.50 bits per heavy atom. The van der Waals surface area contributed by atoms with Gasteiger partial charge in [0.2, 0.25) is 0 Å². The molecule has 1 heterocycles. The largest absolute Gasteiger partial charge is 0.479 e. The molecule has 1 saturated heterocycles. The first kappa shape index (κ1) is 20.6. The fourth-order valence-electron chi connectivity index (χ4n) is 3.27. The second kappa shape index (κ2) is 9.26. The molecule has 0 bridgehead atoms. The van der Waals surface area contributed by atoms with E-state index in [1.165, 1.54) is 5.56 Å². The van der Waals surface area contributed by atoms with E-state index in [9.17, 15) is 4.79 Å². The molecule has 1 aliphatic rings. The molecule has 3 rings (SSSR count). The molecule has 2 aromatic carbocycles. The van der Waals surface area contributed by atoms with Crippen molar-refractivity contribution in [2.45, 2.75) is 31.4 Å². The molecule has 1 fully saturated rings. The Kier molecular flexibility index (Phi) is 7.33. The third-order valence-corrected chi connectivity index (χ3v) is 4.97. The van der Waals surface area contributed by atoms with E-state index in [1.807, 2.05) is 42.2 Å².